The molecule has 1 atom stereocenters. The molecular weight excluding hydrogens is 208 g/mol. The van der Waals surface area contributed by atoms with Crippen molar-refractivity contribution < 1.29 is 34.4 Å². The van der Waals surface area contributed by atoms with Crippen LogP contribution in [-0.4, -0.2) is 46.4 Å². The van der Waals surface area contributed by atoms with E-state index < -0.39 is 18.4 Å². The summed E-state index contributed by atoms with van der Waals surface area (Å²) in [6.07, 6.45) is -3.85. The molecule has 0 bridgehead atoms. The molecule has 0 amide bonds. The SMILES string of the molecule is CC(C)O.CC(COC(=O)O)OC(=O)O. The van der Waals surface area contributed by atoms with Crippen LogP contribution in [0.25, 0.3) is 0 Å². The smallest absolute Gasteiger partial charge is 0.450 e. The number of carbonyl (C=O) groups is 2. The number of hydrogen-bond donors (Lipinski definition) is 3. The van der Waals surface area contributed by atoms with Crippen LogP contribution in [0, 0.1) is 0 Å². The first-order chi connectivity index (χ1) is 6.75. The highest BCUT2D eigenvalue weighted by Crippen LogP contribution is 1.92. The monoisotopic (exact) mass is 224 g/mol. The van der Waals surface area contributed by atoms with Crippen molar-refractivity contribution >= 4 is 12.3 Å². The highest BCUT2D eigenvalue weighted by molar-refractivity contribution is 5.58. The molecule has 7 heteroatoms. The third-order valence-corrected chi connectivity index (χ3v) is 0.744. The maximum atomic E-state index is 9.83. The Balaban J connectivity index is 0. The van der Waals surface area contributed by atoms with Crippen LogP contribution in [0.3, 0.4) is 0 Å². The van der Waals surface area contributed by atoms with Crippen LogP contribution >= 0.6 is 0 Å². The largest absolute Gasteiger partial charge is 0.506 e. The molecule has 0 aliphatic carbocycles. The topological polar surface area (TPSA) is 113 Å². The quantitative estimate of drug-likeness (QED) is 0.616. The Bertz CT molecular complexity index is 187. The molecule has 7 nitrogen and oxygen atoms in total. The van der Waals surface area contributed by atoms with E-state index in [1.54, 1.807) is 13.8 Å². The Labute approximate surface area is 87.2 Å². The fraction of sp³-hybridized carbons (Fsp3) is 0.750. The third kappa shape index (κ3) is 24.5. The van der Waals surface area contributed by atoms with Crippen LogP contribution in [0.15, 0.2) is 0 Å². The summed E-state index contributed by atoms with van der Waals surface area (Å²) in [4.78, 5) is 19.6. The number of aliphatic hydroxyl groups excluding tert-OH is 1. The minimum Gasteiger partial charge on any atom is -0.450 e. The molecule has 0 fully saturated rings. The minimum atomic E-state index is -1.45. The second-order valence-electron chi connectivity index (χ2n) is 2.87. The summed E-state index contributed by atoms with van der Waals surface area (Å²) in [6, 6.07) is 0. The average molecular weight is 224 g/mol. The van der Waals surface area contributed by atoms with Gasteiger partial charge in [0.15, 0.2) is 0 Å². The Hall–Kier alpha value is -1.50. The first kappa shape index (κ1) is 15.9. The second-order valence-corrected chi connectivity index (χ2v) is 2.87. The van der Waals surface area contributed by atoms with Gasteiger partial charge in [-0.1, -0.05) is 0 Å². The molecule has 15 heavy (non-hydrogen) atoms. The fourth-order valence-electron chi connectivity index (χ4n) is 0.395. The van der Waals surface area contributed by atoms with Crippen molar-refractivity contribution in [3.8, 4) is 0 Å². The van der Waals surface area contributed by atoms with Crippen molar-refractivity contribution in [2.75, 3.05) is 6.61 Å². The van der Waals surface area contributed by atoms with Crippen molar-refractivity contribution in [1.82, 2.24) is 0 Å². The zero-order valence-corrected chi connectivity index (χ0v) is 8.84. The second kappa shape index (κ2) is 9.07. The number of hydrogen-bond acceptors (Lipinski definition) is 5. The molecule has 0 aromatic carbocycles. The Morgan fingerprint density at radius 3 is 1.80 bits per heavy atom. The summed E-state index contributed by atoms with van der Waals surface area (Å²) < 4.78 is 8.16. The molecule has 0 aromatic rings. The normalized spacial score (nSPS) is 11.0. The van der Waals surface area contributed by atoms with Crippen molar-refractivity contribution in [3.63, 3.8) is 0 Å². The van der Waals surface area contributed by atoms with Gasteiger partial charge in [-0.15, -0.1) is 0 Å². The lowest BCUT2D eigenvalue weighted by Gasteiger charge is -2.08. The van der Waals surface area contributed by atoms with Crippen LogP contribution in [0.2, 0.25) is 0 Å². The van der Waals surface area contributed by atoms with Gasteiger partial charge >= 0.3 is 12.3 Å². The highest BCUT2D eigenvalue weighted by atomic mass is 16.7. The molecule has 90 valence electrons. The fourth-order valence-corrected chi connectivity index (χ4v) is 0.395. The number of aliphatic hydroxyl groups is 1. The van der Waals surface area contributed by atoms with E-state index in [9.17, 15) is 9.59 Å². The zero-order chi connectivity index (χ0) is 12.4. The van der Waals surface area contributed by atoms with E-state index >= 15 is 0 Å². The molecule has 0 aliphatic rings. The van der Waals surface area contributed by atoms with E-state index in [0.717, 1.165) is 0 Å². The molecule has 0 heterocycles. The van der Waals surface area contributed by atoms with Gasteiger partial charge in [-0.25, -0.2) is 9.59 Å². The summed E-state index contributed by atoms with van der Waals surface area (Å²) in [6.45, 7) is 4.54. The third-order valence-electron chi connectivity index (χ3n) is 0.744. The Kier molecular flexibility index (Phi) is 9.65. The van der Waals surface area contributed by atoms with E-state index in [1.165, 1.54) is 6.92 Å². The van der Waals surface area contributed by atoms with Gasteiger partial charge < -0.3 is 24.8 Å². The van der Waals surface area contributed by atoms with Gasteiger partial charge in [0.25, 0.3) is 0 Å². The van der Waals surface area contributed by atoms with E-state index in [0.29, 0.717) is 0 Å². The first-order valence-electron chi connectivity index (χ1n) is 4.19. The summed E-state index contributed by atoms with van der Waals surface area (Å²) in [5.74, 6) is 0. The van der Waals surface area contributed by atoms with Crippen LogP contribution in [0.4, 0.5) is 9.59 Å². The van der Waals surface area contributed by atoms with Crippen molar-refractivity contribution in [3.05, 3.63) is 0 Å². The van der Waals surface area contributed by atoms with Crippen molar-refractivity contribution in [2.45, 2.75) is 33.0 Å². The van der Waals surface area contributed by atoms with E-state index in [4.69, 9.17) is 15.3 Å². The van der Waals surface area contributed by atoms with Gasteiger partial charge in [0.1, 0.15) is 12.7 Å². The molecule has 0 aromatic heterocycles. The van der Waals surface area contributed by atoms with Crippen molar-refractivity contribution in [2.24, 2.45) is 0 Å². The van der Waals surface area contributed by atoms with E-state index in [2.05, 4.69) is 9.47 Å². The average Bonchev–Trinajstić information content (AvgIpc) is 1.98. The maximum Gasteiger partial charge on any atom is 0.506 e. The minimum absolute atomic E-state index is 0.167. The first-order valence-corrected chi connectivity index (χ1v) is 4.19. The molecule has 0 aliphatic heterocycles. The molecule has 1 unspecified atom stereocenters. The van der Waals surface area contributed by atoms with Gasteiger partial charge in [-0.2, -0.15) is 0 Å². The molecule has 0 spiro atoms. The number of ether oxygens (including phenoxy) is 2. The van der Waals surface area contributed by atoms with Gasteiger partial charge in [-0.05, 0) is 20.8 Å². The van der Waals surface area contributed by atoms with Gasteiger partial charge in [0.05, 0.1) is 0 Å². The van der Waals surface area contributed by atoms with E-state index in [-0.39, 0.29) is 12.7 Å². The van der Waals surface area contributed by atoms with Crippen LogP contribution < -0.4 is 0 Å². The lowest BCUT2D eigenvalue weighted by atomic mass is 10.4. The summed E-state index contributed by atoms with van der Waals surface area (Å²) in [5, 5.41) is 24.1. The summed E-state index contributed by atoms with van der Waals surface area (Å²) in [5.41, 5.74) is 0. The van der Waals surface area contributed by atoms with Crippen molar-refractivity contribution in [1.29, 1.82) is 0 Å². The number of rotatable bonds is 3. The van der Waals surface area contributed by atoms with Crippen LogP contribution in [-0.2, 0) is 9.47 Å². The van der Waals surface area contributed by atoms with E-state index in [1.807, 2.05) is 0 Å². The summed E-state index contributed by atoms with van der Waals surface area (Å²) in [7, 11) is 0. The van der Waals surface area contributed by atoms with Crippen LogP contribution in [0.5, 0.6) is 0 Å². The molecule has 0 radical (unpaired) electrons. The highest BCUT2D eigenvalue weighted by Gasteiger charge is 2.09. The maximum absolute atomic E-state index is 9.83. The lowest BCUT2D eigenvalue weighted by Crippen LogP contribution is -2.20. The Morgan fingerprint density at radius 2 is 1.53 bits per heavy atom. The van der Waals surface area contributed by atoms with Gasteiger partial charge in [0, 0.05) is 6.10 Å². The standard InChI is InChI=1S/C5H8O6.C3H8O/c1-3(11-5(8)9)2-10-4(6)7;1-3(2)4/h3H,2H2,1H3,(H,6,7)(H,8,9);3-4H,1-2H3. The molecule has 0 saturated carbocycles. The molecule has 0 saturated heterocycles. The van der Waals surface area contributed by atoms with Gasteiger partial charge in [-0.3, -0.25) is 0 Å². The van der Waals surface area contributed by atoms with Crippen LogP contribution in [0.1, 0.15) is 20.8 Å². The summed E-state index contributed by atoms with van der Waals surface area (Å²) >= 11 is 0. The lowest BCUT2D eigenvalue weighted by molar-refractivity contribution is 0.0122. The molecule has 3 N–H and O–H groups in total. The zero-order valence-electron chi connectivity index (χ0n) is 8.84. The number of carboxylic acid groups (broad SMARTS) is 2. The predicted octanol–water partition coefficient (Wildman–Crippen LogP) is 1.15. The predicted molar refractivity (Wildman–Crippen MR) is 49.9 cm³/mol. The molecule has 0 rings (SSSR count). The Morgan fingerprint density at radius 1 is 1.13 bits per heavy atom. The molecular formula is C8H16O7. The van der Waals surface area contributed by atoms with Gasteiger partial charge in [0.2, 0.25) is 0 Å².